The Bertz CT molecular complexity index is 548. The SMILES string of the molecule is O=Cc1cccn1-c1cc(F)c(F)cc1F. The summed E-state index contributed by atoms with van der Waals surface area (Å²) in [6, 6.07) is 4.09. The number of carbonyl (C=O) groups excluding carboxylic acids is 1. The van der Waals surface area contributed by atoms with Crippen LogP contribution in [0.15, 0.2) is 30.5 Å². The Morgan fingerprint density at radius 3 is 2.44 bits per heavy atom. The standard InChI is InChI=1S/C11H6F3NO/c12-8-4-10(14)11(5-9(8)13)15-3-1-2-7(15)6-16/h1-6H. The molecule has 0 aliphatic heterocycles. The molecule has 0 saturated carbocycles. The van der Waals surface area contributed by atoms with Gasteiger partial charge >= 0.3 is 0 Å². The van der Waals surface area contributed by atoms with E-state index < -0.39 is 17.5 Å². The predicted octanol–water partition coefficient (Wildman–Crippen LogP) is 2.71. The maximum atomic E-state index is 13.4. The van der Waals surface area contributed by atoms with Crippen molar-refractivity contribution in [1.29, 1.82) is 0 Å². The van der Waals surface area contributed by atoms with Crippen LogP contribution >= 0.6 is 0 Å². The Labute approximate surface area is 88.9 Å². The van der Waals surface area contributed by atoms with Crippen LogP contribution in [0.25, 0.3) is 5.69 Å². The molecule has 0 N–H and O–H groups in total. The molecule has 0 aliphatic carbocycles. The Balaban J connectivity index is 2.64. The van der Waals surface area contributed by atoms with E-state index in [1.165, 1.54) is 18.3 Å². The van der Waals surface area contributed by atoms with Crippen LogP contribution in [0.2, 0.25) is 0 Å². The third kappa shape index (κ3) is 1.60. The van der Waals surface area contributed by atoms with Gasteiger partial charge in [-0.15, -0.1) is 0 Å². The van der Waals surface area contributed by atoms with E-state index in [-0.39, 0.29) is 11.4 Å². The topological polar surface area (TPSA) is 22.0 Å². The molecule has 1 aromatic heterocycles. The number of halogens is 3. The lowest BCUT2D eigenvalue weighted by molar-refractivity contribution is 0.111. The number of hydrogen-bond donors (Lipinski definition) is 0. The van der Waals surface area contributed by atoms with Gasteiger partial charge in [-0.05, 0) is 12.1 Å². The summed E-state index contributed by atoms with van der Waals surface area (Å²) >= 11 is 0. The van der Waals surface area contributed by atoms with Crippen molar-refractivity contribution in [2.24, 2.45) is 0 Å². The maximum absolute atomic E-state index is 13.4. The lowest BCUT2D eigenvalue weighted by Crippen LogP contribution is -2.02. The molecule has 1 aromatic carbocycles. The van der Waals surface area contributed by atoms with E-state index in [2.05, 4.69) is 0 Å². The Morgan fingerprint density at radius 2 is 1.75 bits per heavy atom. The van der Waals surface area contributed by atoms with Gasteiger partial charge < -0.3 is 4.57 Å². The van der Waals surface area contributed by atoms with Crippen LogP contribution in [0.3, 0.4) is 0 Å². The highest BCUT2D eigenvalue weighted by atomic mass is 19.2. The summed E-state index contributed by atoms with van der Waals surface area (Å²) in [4.78, 5) is 10.6. The monoisotopic (exact) mass is 225 g/mol. The van der Waals surface area contributed by atoms with E-state index in [1.807, 2.05) is 0 Å². The number of carbonyl (C=O) groups is 1. The van der Waals surface area contributed by atoms with Crippen molar-refractivity contribution in [2.45, 2.75) is 0 Å². The van der Waals surface area contributed by atoms with E-state index in [9.17, 15) is 18.0 Å². The number of rotatable bonds is 2. The summed E-state index contributed by atoms with van der Waals surface area (Å²) in [7, 11) is 0. The smallest absolute Gasteiger partial charge is 0.166 e. The molecule has 0 amide bonds. The van der Waals surface area contributed by atoms with Crippen LogP contribution < -0.4 is 0 Å². The molecular weight excluding hydrogens is 219 g/mol. The van der Waals surface area contributed by atoms with Gasteiger partial charge in [0.1, 0.15) is 5.82 Å². The van der Waals surface area contributed by atoms with Crippen molar-refractivity contribution in [3.63, 3.8) is 0 Å². The Hall–Kier alpha value is -2.04. The highest BCUT2D eigenvalue weighted by Crippen LogP contribution is 2.19. The van der Waals surface area contributed by atoms with Gasteiger partial charge in [0.05, 0.1) is 11.4 Å². The zero-order chi connectivity index (χ0) is 11.7. The predicted molar refractivity (Wildman–Crippen MR) is 51.0 cm³/mol. The van der Waals surface area contributed by atoms with Crippen LogP contribution in [0.4, 0.5) is 13.2 Å². The number of nitrogens with zero attached hydrogens (tertiary/aromatic N) is 1. The zero-order valence-corrected chi connectivity index (χ0v) is 7.95. The minimum Gasteiger partial charge on any atom is -0.311 e. The fraction of sp³-hybridized carbons (Fsp3) is 0. The largest absolute Gasteiger partial charge is 0.311 e. The van der Waals surface area contributed by atoms with Crippen LogP contribution in [-0.4, -0.2) is 10.9 Å². The molecule has 0 unspecified atom stereocenters. The molecule has 1 heterocycles. The lowest BCUT2D eigenvalue weighted by Gasteiger charge is -2.07. The minimum atomic E-state index is -1.26. The van der Waals surface area contributed by atoms with Crippen molar-refractivity contribution >= 4 is 6.29 Å². The van der Waals surface area contributed by atoms with E-state index in [0.29, 0.717) is 18.4 Å². The molecule has 2 aromatic rings. The van der Waals surface area contributed by atoms with Crippen molar-refractivity contribution < 1.29 is 18.0 Å². The number of aromatic nitrogens is 1. The summed E-state index contributed by atoms with van der Waals surface area (Å²) in [5, 5.41) is 0. The third-order valence-electron chi connectivity index (χ3n) is 2.15. The van der Waals surface area contributed by atoms with Crippen molar-refractivity contribution in [3.8, 4) is 5.69 Å². The number of aldehydes is 1. The molecule has 0 radical (unpaired) electrons. The fourth-order valence-electron chi connectivity index (χ4n) is 1.41. The molecule has 2 rings (SSSR count). The highest BCUT2D eigenvalue weighted by Gasteiger charge is 2.12. The van der Waals surface area contributed by atoms with E-state index in [0.717, 1.165) is 4.57 Å². The second kappa shape index (κ2) is 3.84. The van der Waals surface area contributed by atoms with Crippen molar-refractivity contribution in [2.75, 3.05) is 0 Å². The first kappa shape index (κ1) is 10.5. The second-order valence-corrected chi connectivity index (χ2v) is 3.14. The summed E-state index contributed by atoms with van der Waals surface area (Å²) in [5.41, 5.74) is -0.0455. The third-order valence-corrected chi connectivity index (χ3v) is 2.15. The quantitative estimate of drug-likeness (QED) is 0.569. The fourth-order valence-corrected chi connectivity index (χ4v) is 1.41. The second-order valence-electron chi connectivity index (χ2n) is 3.14. The number of hydrogen-bond acceptors (Lipinski definition) is 1. The van der Waals surface area contributed by atoms with Crippen LogP contribution in [-0.2, 0) is 0 Å². The molecule has 0 bridgehead atoms. The minimum absolute atomic E-state index is 0.157. The van der Waals surface area contributed by atoms with Gasteiger partial charge in [-0.2, -0.15) is 0 Å². The average molecular weight is 225 g/mol. The van der Waals surface area contributed by atoms with Gasteiger partial charge in [-0.25, -0.2) is 13.2 Å². The molecule has 5 heteroatoms. The molecule has 0 atom stereocenters. The average Bonchev–Trinajstić information content (AvgIpc) is 2.71. The summed E-state index contributed by atoms with van der Waals surface area (Å²) in [5.74, 6) is -3.36. The normalized spacial score (nSPS) is 10.4. The molecule has 0 saturated heterocycles. The zero-order valence-electron chi connectivity index (χ0n) is 7.95. The first-order chi connectivity index (χ1) is 7.63. The Morgan fingerprint density at radius 1 is 1.06 bits per heavy atom. The first-order valence-corrected chi connectivity index (χ1v) is 4.41. The van der Waals surface area contributed by atoms with Gasteiger partial charge in [0.15, 0.2) is 17.9 Å². The molecule has 16 heavy (non-hydrogen) atoms. The summed E-state index contributed by atoms with van der Waals surface area (Å²) in [6.45, 7) is 0. The molecule has 0 fully saturated rings. The van der Waals surface area contributed by atoms with Crippen LogP contribution in [0.5, 0.6) is 0 Å². The molecule has 0 aliphatic rings. The van der Waals surface area contributed by atoms with Crippen LogP contribution in [0, 0.1) is 17.5 Å². The van der Waals surface area contributed by atoms with Gasteiger partial charge in [-0.1, -0.05) is 0 Å². The molecular formula is C11H6F3NO. The molecule has 2 nitrogen and oxygen atoms in total. The molecule has 0 spiro atoms. The number of benzene rings is 1. The molecule has 82 valence electrons. The maximum Gasteiger partial charge on any atom is 0.166 e. The van der Waals surface area contributed by atoms with Crippen LogP contribution in [0.1, 0.15) is 10.5 Å². The van der Waals surface area contributed by atoms with Crippen molar-refractivity contribution in [3.05, 3.63) is 53.6 Å². The summed E-state index contributed by atoms with van der Waals surface area (Å²) in [6.07, 6.45) is 1.89. The lowest BCUT2D eigenvalue weighted by atomic mass is 10.2. The van der Waals surface area contributed by atoms with E-state index in [4.69, 9.17) is 0 Å². The first-order valence-electron chi connectivity index (χ1n) is 4.41. The van der Waals surface area contributed by atoms with E-state index >= 15 is 0 Å². The van der Waals surface area contributed by atoms with Gasteiger partial charge in [0.25, 0.3) is 0 Å². The summed E-state index contributed by atoms with van der Waals surface area (Å²) < 4.78 is 40.1. The van der Waals surface area contributed by atoms with Crippen molar-refractivity contribution in [1.82, 2.24) is 4.57 Å². The van der Waals surface area contributed by atoms with Gasteiger partial charge in [-0.3, -0.25) is 4.79 Å². The Kier molecular flexibility index (Phi) is 2.52. The van der Waals surface area contributed by atoms with Gasteiger partial charge in [0.2, 0.25) is 0 Å². The van der Waals surface area contributed by atoms with Gasteiger partial charge in [0, 0.05) is 18.3 Å². The van der Waals surface area contributed by atoms with E-state index in [1.54, 1.807) is 0 Å². The highest BCUT2D eigenvalue weighted by molar-refractivity contribution is 5.73.